The predicted molar refractivity (Wildman–Crippen MR) is 115 cm³/mol. The third-order valence-corrected chi connectivity index (χ3v) is 4.81. The summed E-state index contributed by atoms with van der Waals surface area (Å²) in [5.41, 5.74) is 2.56. The average molecular weight is 368 g/mol. The summed E-state index contributed by atoms with van der Waals surface area (Å²) >= 11 is 0. The minimum atomic E-state index is 0.640. The van der Waals surface area contributed by atoms with E-state index in [1.807, 2.05) is 36.4 Å². The molecule has 0 spiro atoms. The van der Waals surface area contributed by atoms with E-state index in [1.54, 1.807) is 0 Å². The number of hydrogen-bond acceptors (Lipinski definition) is 2. The van der Waals surface area contributed by atoms with Crippen molar-refractivity contribution < 1.29 is 9.47 Å². The second-order valence-electron chi connectivity index (χ2n) is 6.78. The smallest absolute Gasteiger partial charge is 0.130 e. The average Bonchev–Trinajstić information content (AvgIpc) is 2.75. The minimum Gasteiger partial charge on any atom is -0.492 e. The minimum absolute atomic E-state index is 0.640. The van der Waals surface area contributed by atoms with Gasteiger partial charge in [0.1, 0.15) is 11.5 Å². The van der Waals surface area contributed by atoms with E-state index in [2.05, 4.69) is 60.7 Å². The van der Waals surface area contributed by atoms with Crippen LogP contribution in [0.15, 0.2) is 97.1 Å². The van der Waals surface area contributed by atoms with Crippen molar-refractivity contribution >= 4 is 10.8 Å². The van der Waals surface area contributed by atoms with E-state index in [9.17, 15) is 0 Å². The van der Waals surface area contributed by atoms with Gasteiger partial charge in [0.25, 0.3) is 0 Å². The standard InChI is InChI=1S/C26H24O2/c1-3-9-21(10-4-1)17-19-27-24-15-7-13-23-14-8-16-25(26(23)24)28-20-18-22-11-5-2-6-12-22/h1-16H,17-20H2. The van der Waals surface area contributed by atoms with Crippen molar-refractivity contribution in [2.24, 2.45) is 0 Å². The van der Waals surface area contributed by atoms with Crippen LogP contribution in [0.3, 0.4) is 0 Å². The lowest BCUT2D eigenvalue weighted by molar-refractivity contribution is 0.314. The summed E-state index contributed by atoms with van der Waals surface area (Å²) in [7, 11) is 0. The normalized spacial score (nSPS) is 10.7. The van der Waals surface area contributed by atoms with Crippen molar-refractivity contribution in [1.29, 1.82) is 0 Å². The molecule has 0 amide bonds. The van der Waals surface area contributed by atoms with Gasteiger partial charge in [-0.25, -0.2) is 0 Å². The van der Waals surface area contributed by atoms with Gasteiger partial charge in [-0.3, -0.25) is 0 Å². The molecule has 0 radical (unpaired) electrons. The molecule has 0 aliphatic carbocycles. The molecule has 0 saturated carbocycles. The van der Waals surface area contributed by atoms with Gasteiger partial charge in [-0.05, 0) is 28.6 Å². The van der Waals surface area contributed by atoms with Gasteiger partial charge in [0, 0.05) is 12.8 Å². The fraction of sp³-hybridized carbons (Fsp3) is 0.154. The van der Waals surface area contributed by atoms with Crippen molar-refractivity contribution in [2.45, 2.75) is 12.8 Å². The van der Waals surface area contributed by atoms with Gasteiger partial charge in [-0.1, -0.05) is 84.9 Å². The molecule has 0 aliphatic rings. The van der Waals surface area contributed by atoms with Crippen LogP contribution in [0, 0.1) is 0 Å². The highest BCUT2D eigenvalue weighted by atomic mass is 16.5. The zero-order valence-electron chi connectivity index (χ0n) is 15.9. The maximum Gasteiger partial charge on any atom is 0.130 e. The lowest BCUT2D eigenvalue weighted by Gasteiger charge is -2.14. The molecular formula is C26H24O2. The SMILES string of the molecule is c1ccc(CCOc2cccc3cccc(OCCc4ccccc4)c23)cc1. The van der Waals surface area contributed by atoms with Gasteiger partial charge in [0.15, 0.2) is 0 Å². The molecule has 0 atom stereocenters. The lowest BCUT2D eigenvalue weighted by atomic mass is 10.1. The topological polar surface area (TPSA) is 18.5 Å². The maximum absolute atomic E-state index is 6.15. The molecule has 4 rings (SSSR count). The van der Waals surface area contributed by atoms with Crippen LogP contribution in [0.2, 0.25) is 0 Å². The second kappa shape index (κ2) is 9.09. The summed E-state index contributed by atoms with van der Waals surface area (Å²) in [5.74, 6) is 1.76. The quantitative estimate of drug-likeness (QED) is 0.375. The van der Waals surface area contributed by atoms with Gasteiger partial charge in [0.05, 0.1) is 18.6 Å². The third-order valence-electron chi connectivity index (χ3n) is 4.81. The van der Waals surface area contributed by atoms with Crippen molar-refractivity contribution in [3.05, 3.63) is 108 Å². The first-order valence-electron chi connectivity index (χ1n) is 9.75. The number of rotatable bonds is 8. The van der Waals surface area contributed by atoms with E-state index in [4.69, 9.17) is 9.47 Å². The van der Waals surface area contributed by atoms with Crippen LogP contribution in [0.5, 0.6) is 11.5 Å². The molecule has 4 aromatic rings. The van der Waals surface area contributed by atoms with Crippen molar-refractivity contribution in [2.75, 3.05) is 13.2 Å². The summed E-state index contributed by atoms with van der Waals surface area (Å²) in [6, 6.07) is 33.2. The van der Waals surface area contributed by atoms with E-state index in [0.717, 1.165) is 35.1 Å². The highest BCUT2D eigenvalue weighted by molar-refractivity contribution is 5.93. The highest BCUT2D eigenvalue weighted by Crippen LogP contribution is 2.34. The van der Waals surface area contributed by atoms with Crippen molar-refractivity contribution in [3.8, 4) is 11.5 Å². The first-order valence-corrected chi connectivity index (χ1v) is 9.75. The van der Waals surface area contributed by atoms with Gasteiger partial charge >= 0.3 is 0 Å². The summed E-state index contributed by atoms with van der Waals surface area (Å²) in [4.78, 5) is 0. The maximum atomic E-state index is 6.15. The van der Waals surface area contributed by atoms with Crippen LogP contribution >= 0.6 is 0 Å². The Labute approximate surface area is 166 Å². The summed E-state index contributed by atoms with van der Waals surface area (Å²) in [5, 5.41) is 2.18. The van der Waals surface area contributed by atoms with Crippen LogP contribution < -0.4 is 9.47 Å². The molecule has 0 N–H and O–H groups in total. The monoisotopic (exact) mass is 368 g/mol. The molecule has 2 nitrogen and oxygen atoms in total. The molecule has 0 fully saturated rings. The van der Waals surface area contributed by atoms with E-state index in [1.165, 1.54) is 11.1 Å². The Balaban J connectivity index is 1.47. The molecule has 28 heavy (non-hydrogen) atoms. The van der Waals surface area contributed by atoms with Crippen molar-refractivity contribution in [3.63, 3.8) is 0 Å². The van der Waals surface area contributed by atoms with E-state index in [-0.39, 0.29) is 0 Å². The Kier molecular flexibility index (Phi) is 5.89. The van der Waals surface area contributed by atoms with Gasteiger partial charge in [-0.15, -0.1) is 0 Å². The lowest BCUT2D eigenvalue weighted by Crippen LogP contribution is -2.04. The van der Waals surface area contributed by atoms with E-state index < -0.39 is 0 Å². The molecule has 0 heterocycles. The fourth-order valence-electron chi connectivity index (χ4n) is 3.36. The van der Waals surface area contributed by atoms with Crippen LogP contribution in [-0.2, 0) is 12.8 Å². The molecule has 0 unspecified atom stereocenters. The molecule has 0 bridgehead atoms. The zero-order valence-corrected chi connectivity index (χ0v) is 15.9. The van der Waals surface area contributed by atoms with E-state index in [0.29, 0.717) is 13.2 Å². The van der Waals surface area contributed by atoms with Gasteiger partial charge in [-0.2, -0.15) is 0 Å². The summed E-state index contributed by atoms with van der Waals surface area (Å²) < 4.78 is 12.3. The Morgan fingerprint density at radius 2 is 0.929 bits per heavy atom. The van der Waals surface area contributed by atoms with Crippen LogP contribution in [0.1, 0.15) is 11.1 Å². The molecule has 4 aromatic carbocycles. The molecular weight excluding hydrogens is 344 g/mol. The second-order valence-corrected chi connectivity index (χ2v) is 6.78. The Hall–Kier alpha value is -3.26. The number of fused-ring (bicyclic) bond motifs is 1. The Bertz CT molecular complexity index is 930. The highest BCUT2D eigenvalue weighted by Gasteiger charge is 2.09. The van der Waals surface area contributed by atoms with Crippen LogP contribution in [0.4, 0.5) is 0 Å². The summed E-state index contributed by atoms with van der Waals surface area (Å²) in [6.45, 7) is 1.28. The molecule has 2 heteroatoms. The van der Waals surface area contributed by atoms with E-state index >= 15 is 0 Å². The molecule has 0 saturated heterocycles. The van der Waals surface area contributed by atoms with Gasteiger partial charge in [0.2, 0.25) is 0 Å². The predicted octanol–water partition coefficient (Wildman–Crippen LogP) is 6.08. The number of hydrogen-bond donors (Lipinski definition) is 0. The zero-order chi connectivity index (χ0) is 19.0. The van der Waals surface area contributed by atoms with Crippen LogP contribution in [0.25, 0.3) is 10.8 Å². The largest absolute Gasteiger partial charge is 0.492 e. The first kappa shape index (κ1) is 18.1. The van der Waals surface area contributed by atoms with Gasteiger partial charge < -0.3 is 9.47 Å². The molecule has 0 aliphatic heterocycles. The number of benzene rings is 4. The molecule has 140 valence electrons. The Morgan fingerprint density at radius 1 is 0.464 bits per heavy atom. The fourth-order valence-corrected chi connectivity index (χ4v) is 3.36. The Morgan fingerprint density at radius 3 is 1.39 bits per heavy atom. The summed E-state index contributed by atoms with van der Waals surface area (Å²) in [6.07, 6.45) is 1.77. The number of ether oxygens (including phenoxy) is 2. The molecule has 0 aromatic heterocycles. The van der Waals surface area contributed by atoms with Crippen LogP contribution in [-0.4, -0.2) is 13.2 Å². The third kappa shape index (κ3) is 4.52. The van der Waals surface area contributed by atoms with Crippen molar-refractivity contribution in [1.82, 2.24) is 0 Å². The first-order chi connectivity index (χ1) is 13.9.